The zero-order valence-electron chi connectivity index (χ0n) is 8.72. The maximum atomic E-state index is 11.6. The fourth-order valence-electron chi connectivity index (χ4n) is 1.74. The third kappa shape index (κ3) is 2.28. The first-order valence-electron chi connectivity index (χ1n) is 5.00. The molecule has 95 valence electrons. The first kappa shape index (κ1) is 12.7. The molecule has 4 N–H and O–H groups in total. The molecule has 0 spiro atoms. The van der Waals surface area contributed by atoms with E-state index in [9.17, 15) is 15.0 Å². The zero-order valence-corrected chi connectivity index (χ0v) is 10.6. The summed E-state index contributed by atoms with van der Waals surface area (Å²) in [5, 5.41) is 28.3. The van der Waals surface area contributed by atoms with Crippen molar-refractivity contribution in [1.29, 1.82) is 0 Å². The molecule has 0 unspecified atom stereocenters. The standard InChI is InChI=1S/C9H13N2O5Se/c12-3-4-6(13)7(14)8(16-4)11-2-1-5(17)10-9(11)15/h1-2,4,6-8,12-14,17H,3H2,(H,10,15)/t4-,6-,7+,8+/m1/s1. The van der Waals surface area contributed by atoms with Crippen LogP contribution in [0.15, 0.2) is 17.1 Å². The Kier molecular flexibility index (Phi) is 3.62. The third-order valence-corrected chi connectivity index (χ3v) is 3.20. The van der Waals surface area contributed by atoms with Gasteiger partial charge in [-0.15, -0.1) is 0 Å². The van der Waals surface area contributed by atoms with Gasteiger partial charge in [-0.05, 0) is 0 Å². The van der Waals surface area contributed by atoms with E-state index in [4.69, 9.17) is 9.84 Å². The van der Waals surface area contributed by atoms with Gasteiger partial charge in [0.2, 0.25) is 0 Å². The molecule has 0 amide bonds. The average Bonchev–Trinajstić information content (AvgIpc) is 2.57. The van der Waals surface area contributed by atoms with E-state index in [-0.39, 0.29) is 0 Å². The molecule has 7 nitrogen and oxygen atoms in total. The summed E-state index contributed by atoms with van der Waals surface area (Å²) in [7, 11) is 0. The summed E-state index contributed by atoms with van der Waals surface area (Å²) < 4.78 is 6.99. The van der Waals surface area contributed by atoms with Crippen molar-refractivity contribution in [2.24, 2.45) is 0 Å². The molecular weight excluding hydrogens is 295 g/mol. The molecule has 2 heterocycles. The molecule has 0 aromatic carbocycles. The second-order valence-corrected chi connectivity index (χ2v) is 4.78. The van der Waals surface area contributed by atoms with E-state index in [0.29, 0.717) is 4.19 Å². The Hall–Kier alpha value is -0.761. The van der Waals surface area contributed by atoms with Crippen LogP contribution in [0.2, 0.25) is 0 Å². The number of ether oxygens (including phenoxy) is 1. The van der Waals surface area contributed by atoms with E-state index in [2.05, 4.69) is 20.6 Å². The number of aromatic nitrogens is 2. The van der Waals surface area contributed by atoms with Crippen molar-refractivity contribution in [2.45, 2.75) is 24.5 Å². The summed E-state index contributed by atoms with van der Waals surface area (Å²) in [6.45, 7) is -0.421. The molecule has 4 atom stereocenters. The van der Waals surface area contributed by atoms with Crippen molar-refractivity contribution in [3.63, 3.8) is 0 Å². The molecule has 1 aliphatic heterocycles. The van der Waals surface area contributed by atoms with E-state index in [1.54, 1.807) is 6.07 Å². The number of aromatic amines is 1. The van der Waals surface area contributed by atoms with Gasteiger partial charge in [0.25, 0.3) is 0 Å². The SMILES string of the molecule is O=c1[nH]c(=[SeH])ccn1[C@H]1O[C@H](CO)[C@@H](O)[C@@H]1O. The van der Waals surface area contributed by atoms with Crippen molar-refractivity contribution in [1.82, 2.24) is 9.55 Å². The van der Waals surface area contributed by atoms with Crippen molar-refractivity contribution >= 4 is 15.6 Å². The van der Waals surface area contributed by atoms with Gasteiger partial charge in [-0.2, -0.15) is 0 Å². The van der Waals surface area contributed by atoms with E-state index in [0.717, 1.165) is 4.57 Å². The van der Waals surface area contributed by atoms with Crippen LogP contribution in [0, 0.1) is 4.19 Å². The summed E-state index contributed by atoms with van der Waals surface area (Å²) in [4.78, 5) is 14.2. The van der Waals surface area contributed by atoms with Crippen LogP contribution in [0.4, 0.5) is 0 Å². The first-order chi connectivity index (χ1) is 8.04. The number of aliphatic hydroxyl groups is 3. The van der Waals surface area contributed by atoms with Crippen LogP contribution >= 0.6 is 0 Å². The quantitative estimate of drug-likeness (QED) is 0.442. The van der Waals surface area contributed by atoms with Gasteiger partial charge >= 0.3 is 103 Å². The predicted octanol–water partition coefficient (Wildman–Crippen LogP) is -2.78. The summed E-state index contributed by atoms with van der Waals surface area (Å²) in [5.74, 6) is 0. The van der Waals surface area contributed by atoms with Gasteiger partial charge in [0.1, 0.15) is 0 Å². The van der Waals surface area contributed by atoms with Gasteiger partial charge in [0, 0.05) is 0 Å². The van der Waals surface area contributed by atoms with Crippen LogP contribution in [-0.2, 0) is 4.74 Å². The number of H-pyrrole nitrogens is 1. The van der Waals surface area contributed by atoms with Crippen molar-refractivity contribution in [2.75, 3.05) is 6.61 Å². The molecule has 0 bridgehead atoms. The fraction of sp³-hybridized carbons (Fsp3) is 0.556. The molecule has 17 heavy (non-hydrogen) atoms. The fourth-order valence-corrected chi connectivity index (χ4v) is 2.09. The van der Waals surface area contributed by atoms with Crippen molar-refractivity contribution in [3.8, 4) is 0 Å². The molecule has 1 fully saturated rings. The van der Waals surface area contributed by atoms with E-state index < -0.39 is 36.8 Å². The minimum absolute atomic E-state index is 0.421. The second kappa shape index (κ2) is 4.85. The molecule has 0 aliphatic carbocycles. The van der Waals surface area contributed by atoms with Crippen molar-refractivity contribution < 1.29 is 20.1 Å². The maximum absolute atomic E-state index is 11.6. The number of hydrogen-bond donors (Lipinski definition) is 4. The van der Waals surface area contributed by atoms with Crippen LogP contribution in [0.1, 0.15) is 6.23 Å². The third-order valence-electron chi connectivity index (χ3n) is 2.65. The first-order valence-corrected chi connectivity index (χ1v) is 5.94. The van der Waals surface area contributed by atoms with E-state index in [1.807, 2.05) is 0 Å². The Morgan fingerprint density at radius 1 is 1.47 bits per heavy atom. The Balaban J connectivity index is 2.35. The monoisotopic (exact) mass is 309 g/mol. The molecule has 0 saturated carbocycles. The molecule has 1 aromatic rings. The molecule has 1 radical (unpaired) electrons. The predicted molar refractivity (Wildman–Crippen MR) is 58.5 cm³/mol. The molecule has 8 heteroatoms. The van der Waals surface area contributed by atoms with Gasteiger partial charge in [-0.25, -0.2) is 0 Å². The number of nitrogens with one attached hydrogen (secondary N) is 1. The van der Waals surface area contributed by atoms with Gasteiger partial charge in [0.05, 0.1) is 0 Å². The van der Waals surface area contributed by atoms with Gasteiger partial charge in [0.15, 0.2) is 0 Å². The van der Waals surface area contributed by atoms with Crippen molar-refractivity contribution in [3.05, 3.63) is 26.9 Å². The normalized spacial score (nSPS) is 32.9. The number of aliphatic hydroxyl groups excluding tert-OH is 3. The topological polar surface area (TPSA) is 108 Å². The molecule has 1 aromatic heterocycles. The Labute approximate surface area is 104 Å². The molecular formula is C9H13N2O5Se. The Morgan fingerprint density at radius 2 is 2.18 bits per heavy atom. The summed E-state index contributed by atoms with van der Waals surface area (Å²) in [6.07, 6.45) is -2.91. The van der Waals surface area contributed by atoms with Crippen LogP contribution < -0.4 is 5.69 Å². The number of hydrogen-bond acceptors (Lipinski definition) is 5. The van der Waals surface area contributed by atoms with Gasteiger partial charge in [-0.3, -0.25) is 0 Å². The molecule has 1 aliphatic rings. The van der Waals surface area contributed by atoms with E-state index >= 15 is 0 Å². The van der Waals surface area contributed by atoms with Crippen LogP contribution in [0.3, 0.4) is 0 Å². The molecule has 2 rings (SSSR count). The second-order valence-electron chi connectivity index (χ2n) is 3.77. The summed E-state index contributed by atoms with van der Waals surface area (Å²) >= 11 is 2.18. The summed E-state index contributed by atoms with van der Waals surface area (Å²) in [6, 6.07) is 1.62. The number of rotatable bonds is 2. The Bertz CT molecular complexity index is 513. The minimum atomic E-state index is -1.25. The van der Waals surface area contributed by atoms with Crippen LogP contribution in [0.25, 0.3) is 0 Å². The average molecular weight is 308 g/mol. The zero-order chi connectivity index (χ0) is 12.6. The Morgan fingerprint density at radius 3 is 2.71 bits per heavy atom. The summed E-state index contributed by atoms with van der Waals surface area (Å²) in [5.41, 5.74) is -0.460. The van der Waals surface area contributed by atoms with E-state index in [1.165, 1.54) is 6.20 Å². The van der Waals surface area contributed by atoms with Gasteiger partial charge < -0.3 is 0 Å². The van der Waals surface area contributed by atoms with Crippen LogP contribution in [-0.4, -0.2) is 65.4 Å². The van der Waals surface area contributed by atoms with Crippen LogP contribution in [0.5, 0.6) is 0 Å². The number of nitrogens with zero attached hydrogens (tertiary/aromatic N) is 1. The van der Waals surface area contributed by atoms with Gasteiger partial charge in [-0.1, -0.05) is 0 Å². The molecule has 1 saturated heterocycles.